The molecule has 4 aromatic heterocycles. The van der Waals surface area contributed by atoms with Crippen LogP contribution < -0.4 is 0 Å². The summed E-state index contributed by atoms with van der Waals surface area (Å²) in [7, 11) is 0. The van der Waals surface area contributed by atoms with Crippen molar-refractivity contribution in [2.24, 2.45) is 0 Å². The highest BCUT2D eigenvalue weighted by Gasteiger charge is 2.21. The first-order valence-corrected chi connectivity index (χ1v) is 13.2. The molecule has 0 saturated heterocycles. The van der Waals surface area contributed by atoms with Crippen molar-refractivity contribution in [2.75, 3.05) is 0 Å². The number of para-hydroxylation sites is 3. The number of hydrogen-bond donors (Lipinski definition) is 0. The molecule has 0 radical (unpaired) electrons. The number of hydrogen-bond acceptors (Lipinski definition) is 2. The van der Waals surface area contributed by atoms with Crippen LogP contribution in [0.5, 0.6) is 0 Å². The SMILES string of the molecule is c1ccc(-n2c3ccccc3c3c4c5ccccc5n(-c5ccc6oc7ccccc7c6c5)c4ccc32)nc1. The zero-order valence-electron chi connectivity index (χ0n) is 20.9. The van der Waals surface area contributed by atoms with E-state index in [0.29, 0.717) is 0 Å². The van der Waals surface area contributed by atoms with Crippen LogP contribution in [0.15, 0.2) is 132 Å². The minimum Gasteiger partial charge on any atom is -0.456 e. The molecule has 4 nitrogen and oxygen atoms in total. The molecule has 9 aromatic rings. The lowest BCUT2D eigenvalue weighted by molar-refractivity contribution is 0.669. The molecule has 4 heteroatoms. The molecule has 0 aliphatic carbocycles. The minimum absolute atomic E-state index is 0.904. The van der Waals surface area contributed by atoms with Crippen LogP contribution in [-0.2, 0) is 0 Å². The lowest BCUT2D eigenvalue weighted by Gasteiger charge is -2.09. The van der Waals surface area contributed by atoms with Gasteiger partial charge in [-0.25, -0.2) is 4.98 Å². The molecule has 0 amide bonds. The Morgan fingerprint density at radius 3 is 1.82 bits per heavy atom. The first-order chi connectivity index (χ1) is 19.4. The molecule has 0 saturated carbocycles. The molecule has 0 spiro atoms. The number of benzene rings is 5. The number of furan rings is 1. The van der Waals surface area contributed by atoms with E-state index < -0.39 is 0 Å². The van der Waals surface area contributed by atoms with E-state index in [4.69, 9.17) is 9.40 Å². The van der Waals surface area contributed by atoms with Gasteiger partial charge < -0.3 is 8.98 Å². The summed E-state index contributed by atoms with van der Waals surface area (Å²) in [5.41, 5.74) is 7.61. The van der Waals surface area contributed by atoms with E-state index in [9.17, 15) is 0 Å². The van der Waals surface area contributed by atoms with Crippen LogP contribution in [0.25, 0.3) is 77.1 Å². The monoisotopic (exact) mass is 499 g/mol. The molecule has 0 bridgehead atoms. The summed E-state index contributed by atoms with van der Waals surface area (Å²) in [6.45, 7) is 0. The smallest absolute Gasteiger partial charge is 0.137 e. The Morgan fingerprint density at radius 2 is 1.08 bits per heavy atom. The molecular formula is C35H21N3O. The third-order valence-electron chi connectivity index (χ3n) is 7.97. The largest absolute Gasteiger partial charge is 0.456 e. The van der Waals surface area contributed by atoms with Crippen molar-refractivity contribution in [1.29, 1.82) is 0 Å². The van der Waals surface area contributed by atoms with Crippen molar-refractivity contribution in [3.63, 3.8) is 0 Å². The minimum atomic E-state index is 0.904. The Balaban J connectivity index is 1.45. The summed E-state index contributed by atoms with van der Waals surface area (Å²) in [5, 5.41) is 7.23. The van der Waals surface area contributed by atoms with E-state index >= 15 is 0 Å². The van der Waals surface area contributed by atoms with E-state index in [-0.39, 0.29) is 0 Å². The Bertz CT molecular complexity index is 2390. The average molecular weight is 500 g/mol. The molecule has 0 fully saturated rings. The van der Waals surface area contributed by atoms with Crippen molar-refractivity contribution in [3.8, 4) is 11.5 Å². The summed E-state index contributed by atoms with van der Waals surface area (Å²) < 4.78 is 10.8. The molecule has 0 aliphatic heterocycles. The number of aromatic nitrogens is 3. The van der Waals surface area contributed by atoms with Crippen LogP contribution >= 0.6 is 0 Å². The Kier molecular flexibility index (Phi) is 4.02. The quantitative estimate of drug-likeness (QED) is 0.238. The van der Waals surface area contributed by atoms with E-state index in [1.54, 1.807) is 0 Å². The van der Waals surface area contributed by atoms with Gasteiger partial charge in [-0.3, -0.25) is 4.57 Å². The second kappa shape index (κ2) is 7.59. The molecule has 0 atom stereocenters. The van der Waals surface area contributed by atoms with Crippen molar-refractivity contribution >= 4 is 65.6 Å². The zero-order chi connectivity index (χ0) is 25.5. The molecule has 0 aliphatic rings. The highest BCUT2D eigenvalue weighted by atomic mass is 16.3. The second-order valence-corrected chi connectivity index (χ2v) is 10.0. The summed E-state index contributed by atoms with van der Waals surface area (Å²) in [5.74, 6) is 0.920. The number of rotatable bonds is 2. The number of nitrogens with zero attached hydrogens (tertiary/aromatic N) is 3. The highest BCUT2D eigenvalue weighted by Crippen LogP contribution is 2.42. The molecular weight excluding hydrogens is 478 g/mol. The van der Waals surface area contributed by atoms with Crippen molar-refractivity contribution in [2.45, 2.75) is 0 Å². The van der Waals surface area contributed by atoms with Gasteiger partial charge in [0.15, 0.2) is 0 Å². The van der Waals surface area contributed by atoms with Gasteiger partial charge in [0.2, 0.25) is 0 Å². The summed E-state index contributed by atoms with van der Waals surface area (Å²) in [6, 6.07) is 42.7. The second-order valence-electron chi connectivity index (χ2n) is 10.0. The van der Waals surface area contributed by atoms with Crippen molar-refractivity contribution < 1.29 is 4.42 Å². The van der Waals surface area contributed by atoms with Gasteiger partial charge in [-0.1, -0.05) is 60.7 Å². The van der Waals surface area contributed by atoms with Crippen LogP contribution in [0.1, 0.15) is 0 Å². The number of pyridine rings is 1. The first-order valence-electron chi connectivity index (χ1n) is 13.2. The predicted molar refractivity (Wildman–Crippen MR) is 160 cm³/mol. The standard InChI is InChI=1S/C35H21N3O/c1-4-12-27-24(10-1)34-29(37(27)22-16-19-32-26(21-22)23-9-3-6-14-31(23)39-32)17-18-30-35(34)25-11-2-5-13-28(25)38(30)33-15-7-8-20-36-33/h1-21H. The van der Waals surface area contributed by atoms with Crippen LogP contribution in [-0.4, -0.2) is 14.1 Å². The normalized spacial score (nSPS) is 12.1. The Hall–Kier alpha value is -5.35. The fraction of sp³-hybridized carbons (Fsp3) is 0. The Labute approximate surface area is 222 Å². The zero-order valence-corrected chi connectivity index (χ0v) is 20.9. The average Bonchev–Trinajstić information content (AvgIpc) is 3.64. The maximum absolute atomic E-state index is 6.13. The molecule has 4 heterocycles. The van der Waals surface area contributed by atoms with Gasteiger partial charge in [-0.05, 0) is 60.7 Å². The lowest BCUT2D eigenvalue weighted by Crippen LogP contribution is -1.96. The van der Waals surface area contributed by atoms with E-state index in [2.05, 4.69) is 106 Å². The van der Waals surface area contributed by atoms with Crippen LogP contribution in [0.4, 0.5) is 0 Å². The number of fused-ring (bicyclic) bond motifs is 10. The molecule has 39 heavy (non-hydrogen) atoms. The highest BCUT2D eigenvalue weighted by molar-refractivity contribution is 6.28. The molecule has 9 rings (SSSR count). The third kappa shape index (κ3) is 2.75. The third-order valence-corrected chi connectivity index (χ3v) is 7.97. The first kappa shape index (κ1) is 20.7. The van der Waals surface area contributed by atoms with Crippen LogP contribution in [0.2, 0.25) is 0 Å². The van der Waals surface area contributed by atoms with Crippen LogP contribution in [0, 0.1) is 0 Å². The maximum Gasteiger partial charge on any atom is 0.137 e. The summed E-state index contributed by atoms with van der Waals surface area (Å²) in [4.78, 5) is 4.71. The van der Waals surface area contributed by atoms with E-state index in [1.807, 2.05) is 30.5 Å². The molecule has 0 N–H and O–H groups in total. The van der Waals surface area contributed by atoms with E-state index in [0.717, 1.165) is 44.5 Å². The topological polar surface area (TPSA) is 35.9 Å². The van der Waals surface area contributed by atoms with Gasteiger partial charge in [0, 0.05) is 44.2 Å². The fourth-order valence-electron chi connectivity index (χ4n) is 6.38. The van der Waals surface area contributed by atoms with Gasteiger partial charge in [0.25, 0.3) is 0 Å². The molecule has 5 aromatic carbocycles. The lowest BCUT2D eigenvalue weighted by atomic mass is 10.1. The van der Waals surface area contributed by atoms with E-state index in [1.165, 1.54) is 32.6 Å². The van der Waals surface area contributed by atoms with Gasteiger partial charge in [-0.2, -0.15) is 0 Å². The van der Waals surface area contributed by atoms with Crippen molar-refractivity contribution in [1.82, 2.24) is 14.1 Å². The van der Waals surface area contributed by atoms with Gasteiger partial charge in [0.1, 0.15) is 17.0 Å². The summed E-state index contributed by atoms with van der Waals surface area (Å²) >= 11 is 0. The van der Waals surface area contributed by atoms with Gasteiger partial charge in [-0.15, -0.1) is 0 Å². The molecule has 0 unspecified atom stereocenters. The maximum atomic E-state index is 6.13. The summed E-state index contributed by atoms with van der Waals surface area (Å²) in [6.07, 6.45) is 1.86. The fourth-order valence-corrected chi connectivity index (χ4v) is 6.38. The van der Waals surface area contributed by atoms with Gasteiger partial charge >= 0.3 is 0 Å². The van der Waals surface area contributed by atoms with Gasteiger partial charge in [0.05, 0.1) is 22.1 Å². The van der Waals surface area contributed by atoms with Crippen molar-refractivity contribution in [3.05, 3.63) is 128 Å². The molecule has 182 valence electrons. The Morgan fingerprint density at radius 1 is 0.462 bits per heavy atom. The van der Waals surface area contributed by atoms with Crippen LogP contribution in [0.3, 0.4) is 0 Å². The predicted octanol–water partition coefficient (Wildman–Crippen LogP) is 9.18.